The summed E-state index contributed by atoms with van der Waals surface area (Å²) in [5.41, 5.74) is 0.790. The molecule has 5 nitrogen and oxygen atoms in total. The number of nitrogens with zero attached hydrogens (tertiary/aromatic N) is 3. The average Bonchev–Trinajstić information content (AvgIpc) is 2.81. The second-order valence-electron chi connectivity index (χ2n) is 5.21. The summed E-state index contributed by atoms with van der Waals surface area (Å²) in [5.74, 6) is 1.53. The Hall–Kier alpha value is -1.33. The highest BCUT2D eigenvalue weighted by molar-refractivity contribution is 6.36. The summed E-state index contributed by atoms with van der Waals surface area (Å²) in [7, 11) is 2.08. The van der Waals surface area contributed by atoms with Crippen LogP contribution in [0.2, 0.25) is 5.02 Å². The third-order valence-electron chi connectivity index (χ3n) is 4.02. The van der Waals surface area contributed by atoms with E-state index in [1.807, 2.05) is 0 Å². The van der Waals surface area contributed by atoms with Gasteiger partial charge >= 0.3 is 0 Å². The number of aromatic nitrogens is 3. The Morgan fingerprint density at radius 1 is 1.42 bits per heavy atom. The van der Waals surface area contributed by atoms with E-state index in [0.717, 1.165) is 29.9 Å². The number of likely N-dealkylation sites (N-methyl/N-ethyl adjacent to an activating group) is 1. The van der Waals surface area contributed by atoms with E-state index in [4.69, 9.17) is 11.6 Å². The summed E-state index contributed by atoms with van der Waals surface area (Å²) in [6.45, 7) is 4.36. The lowest BCUT2D eigenvalue weighted by Gasteiger charge is -2.37. The van der Waals surface area contributed by atoms with E-state index in [1.165, 1.54) is 6.42 Å². The molecule has 2 N–H and O–H groups in total. The topological polar surface area (TPSA) is 56.8 Å². The van der Waals surface area contributed by atoms with E-state index in [-0.39, 0.29) is 0 Å². The summed E-state index contributed by atoms with van der Waals surface area (Å²) in [6, 6.07) is 0.429. The van der Waals surface area contributed by atoms with Crippen molar-refractivity contribution in [3.63, 3.8) is 0 Å². The Morgan fingerprint density at radius 2 is 2.26 bits per heavy atom. The summed E-state index contributed by atoms with van der Waals surface area (Å²) >= 11 is 6.24. The summed E-state index contributed by atoms with van der Waals surface area (Å²) < 4.78 is 0. The van der Waals surface area contributed by atoms with Crippen LogP contribution in [0, 0.1) is 5.92 Å². The maximum Gasteiger partial charge on any atom is 0.144 e. The van der Waals surface area contributed by atoms with Crippen molar-refractivity contribution in [1.82, 2.24) is 20.3 Å². The number of halogens is 1. The number of hydrogen-bond acceptors (Lipinski definition) is 4. The van der Waals surface area contributed by atoms with Crippen LogP contribution >= 0.6 is 11.6 Å². The van der Waals surface area contributed by atoms with Gasteiger partial charge in [-0.1, -0.05) is 18.5 Å². The molecule has 0 spiro atoms. The van der Waals surface area contributed by atoms with E-state index in [1.54, 1.807) is 12.5 Å². The molecule has 2 aromatic heterocycles. The Bertz CT molecular complexity index is 581. The number of rotatable bonds is 2. The van der Waals surface area contributed by atoms with Gasteiger partial charge in [0, 0.05) is 25.8 Å². The minimum Gasteiger partial charge on any atom is -0.354 e. The predicted octanol–water partition coefficient (Wildman–Crippen LogP) is 2.05. The number of fused-ring (bicyclic) bond motifs is 1. The van der Waals surface area contributed by atoms with Crippen molar-refractivity contribution in [2.75, 3.05) is 25.0 Å². The average molecular weight is 280 g/mol. The lowest BCUT2D eigenvalue weighted by Crippen LogP contribution is -2.49. The fourth-order valence-electron chi connectivity index (χ4n) is 2.83. The Labute approximate surface area is 117 Å². The van der Waals surface area contributed by atoms with E-state index in [2.05, 4.69) is 39.1 Å². The van der Waals surface area contributed by atoms with Crippen molar-refractivity contribution >= 4 is 28.5 Å². The van der Waals surface area contributed by atoms with Gasteiger partial charge in [-0.25, -0.2) is 9.97 Å². The van der Waals surface area contributed by atoms with Crippen LogP contribution in [-0.4, -0.2) is 41.1 Å². The van der Waals surface area contributed by atoms with Gasteiger partial charge in [-0.3, -0.25) is 0 Å². The molecule has 0 saturated carbocycles. The number of nitrogens with one attached hydrogen (secondary N) is 2. The van der Waals surface area contributed by atoms with E-state index >= 15 is 0 Å². The highest BCUT2D eigenvalue weighted by Gasteiger charge is 2.27. The van der Waals surface area contributed by atoms with Gasteiger partial charge in [-0.2, -0.15) is 0 Å². The number of H-pyrrole nitrogens is 1. The number of anilines is 1. The van der Waals surface area contributed by atoms with Gasteiger partial charge in [-0.05, 0) is 18.9 Å². The van der Waals surface area contributed by atoms with Crippen LogP contribution < -0.4 is 10.2 Å². The van der Waals surface area contributed by atoms with Gasteiger partial charge in [0.25, 0.3) is 0 Å². The Morgan fingerprint density at radius 3 is 3.05 bits per heavy atom. The standard InChI is InChI=1S/C13H18ClN5/c1-8-3-4-15-6-10(8)19(2)13-11-9(14)5-16-12(11)17-7-18-13/h5,7-8,10,15H,3-4,6H2,1-2H3,(H,16,17,18). The zero-order chi connectivity index (χ0) is 13.4. The molecule has 1 saturated heterocycles. The number of hydrogen-bond donors (Lipinski definition) is 2. The lowest BCUT2D eigenvalue weighted by molar-refractivity contribution is 0.338. The first-order valence-electron chi connectivity index (χ1n) is 6.59. The van der Waals surface area contributed by atoms with Crippen LogP contribution in [0.25, 0.3) is 11.0 Å². The zero-order valence-electron chi connectivity index (χ0n) is 11.2. The predicted molar refractivity (Wildman–Crippen MR) is 77.7 cm³/mol. The third-order valence-corrected chi connectivity index (χ3v) is 4.32. The molecule has 0 aliphatic carbocycles. The smallest absolute Gasteiger partial charge is 0.144 e. The molecule has 3 heterocycles. The fraction of sp³-hybridized carbons (Fsp3) is 0.538. The largest absolute Gasteiger partial charge is 0.354 e. The molecule has 6 heteroatoms. The summed E-state index contributed by atoms with van der Waals surface area (Å²) in [6.07, 6.45) is 4.53. The van der Waals surface area contributed by atoms with Crippen molar-refractivity contribution in [2.45, 2.75) is 19.4 Å². The van der Waals surface area contributed by atoms with Gasteiger partial charge in [-0.15, -0.1) is 0 Å². The molecule has 2 unspecified atom stereocenters. The van der Waals surface area contributed by atoms with E-state index in [9.17, 15) is 0 Å². The van der Waals surface area contributed by atoms with E-state index < -0.39 is 0 Å². The molecular formula is C13H18ClN5. The van der Waals surface area contributed by atoms with Crippen molar-refractivity contribution < 1.29 is 0 Å². The highest BCUT2D eigenvalue weighted by atomic mass is 35.5. The Balaban J connectivity index is 2.01. The molecule has 2 atom stereocenters. The van der Waals surface area contributed by atoms with Gasteiger partial charge < -0.3 is 15.2 Å². The molecule has 0 amide bonds. The first kappa shape index (κ1) is 12.7. The third kappa shape index (κ3) is 2.17. The van der Waals surface area contributed by atoms with Gasteiger partial charge in [0.2, 0.25) is 0 Å². The number of piperidine rings is 1. The fourth-order valence-corrected chi connectivity index (χ4v) is 3.05. The zero-order valence-corrected chi connectivity index (χ0v) is 11.9. The monoisotopic (exact) mass is 279 g/mol. The van der Waals surface area contributed by atoms with Crippen molar-refractivity contribution in [3.8, 4) is 0 Å². The molecule has 1 aliphatic rings. The molecule has 102 valence electrons. The van der Waals surface area contributed by atoms with Crippen LogP contribution in [0.1, 0.15) is 13.3 Å². The molecule has 0 radical (unpaired) electrons. The molecule has 1 aliphatic heterocycles. The van der Waals surface area contributed by atoms with Crippen LogP contribution in [-0.2, 0) is 0 Å². The van der Waals surface area contributed by atoms with Crippen LogP contribution in [0.5, 0.6) is 0 Å². The Kier molecular flexibility index (Phi) is 3.33. The van der Waals surface area contributed by atoms with Gasteiger partial charge in [0.1, 0.15) is 17.8 Å². The lowest BCUT2D eigenvalue weighted by atomic mass is 9.93. The van der Waals surface area contributed by atoms with Crippen LogP contribution in [0.3, 0.4) is 0 Å². The minimum absolute atomic E-state index is 0.429. The molecule has 2 aromatic rings. The highest BCUT2D eigenvalue weighted by Crippen LogP contribution is 2.31. The molecule has 1 fully saturated rings. The molecule has 19 heavy (non-hydrogen) atoms. The van der Waals surface area contributed by atoms with E-state index in [0.29, 0.717) is 17.0 Å². The molecule has 0 aromatic carbocycles. The second kappa shape index (κ2) is 4.98. The molecular weight excluding hydrogens is 262 g/mol. The SMILES string of the molecule is CC1CCNCC1N(C)c1ncnc2[nH]cc(Cl)c12. The van der Waals surface area contributed by atoms with Crippen molar-refractivity contribution in [1.29, 1.82) is 0 Å². The quantitative estimate of drug-likeness (QED) is 0.883. The van der Waals surface area contributed by atoms with Gasteiger partial charge in [0.05, 0.1) is 10.4 Å². The minimum atomic E-state index is 0.429. The maximum absolute atomic E-state index is 6.24. The van der Waals surface area contributed by atoms with Crippen LogP contribution in [0.15, 0.2) is 12.5 Å². The maximum atomic E-state index is 6.24. The summed E-state index contributed by atoms with van der Waals surface area (Å²) in [4.78, 5) is 13.9. The molecule has 3 rings (SSSR count). The van der Waals surface area contributed by atoms with Crippen molar-refractivity contribution in [2.24, 2.45) is 5.92 Å². The number of aromatic amines is 1. The van der Waals surface area contributed by atoms with Gasteiger partial charge in [0.15, 0.2) is 0 Å². The van der Waals surface area contributed by atoms with Crippen molar-refractivity contribution in [3.05, 3.63) is 17.5 Å². The first-order valence-corrected chi connectivity index (χ1v) is 6.97. The second-order valence-corrected chi connectivity index (χ2v) is 5.61. The van der Waals surface area contributed by atoms with Crippen LogP contribution in [0.4, 0.5) is 5.82 Å². The molecule has 0 bridgehead atoms. The first-order chi connectivity index (χ1) is 9.18. The summed E-state index contributed by atoms with van der Waals surface area (Å²) in [5, 5.41) is 5.03. The normalized spacial score (nSPS) is 23.7.